The molecule has 2 aromatic rings. The van der Waals surface area contributed by atoms with Gasteiger partial charge in [-0.05, 0) is 12.5 Å². The van der Waals surface area contributed by atoms with Crippen molar-refractivity contribution in [2.24, 2.45) is 5.73 Å². The highest BCUT2D eigenvalue weighted by Crippen LogP contribution is 2.15. The van der Waals surface area contributed by atoms with E-state index < -0.39 is 5.82 Å². The summed E-state index contributed by atoms with van der Waals surface area (Å²) in [4.78, 5) is 7.89. The summed E-state index contributed by atoms with van der Waals surface area (Å²) in [5.41, 5.74) is 7.57. The first-order chi connectivity index (χ1) is 9.19. The van der Waals surface area contributed by atoms with Crippen molar-refractivity contribution in [3.8, 4) is 11.4 Å². The van der Waals surface area contributed by atoms with E-state index in [0.717, 1.165) is 17.7 Å². The molecular weight excluding hydrogens is 243 g/mol. The van der Waals surface area contributed by atoms with Crippen molar-refractivity contribution < 1.29 is 4.39 Å². The predicted octanol–water partition coefficient (Wildman–Crippen LogP) is 1.72. The van der Waals surface area contributed by atoms with Gasteiger partial charge in [0.05, 0.1) is 12.4 Å². The molecule has 0 aliphatic rings. The van der Waals surface area contributed by atoms with Gasteiger partial charge in [-0.3, -0.25) is 0 Å². The van der Waals surface area contributed by atoms with E-state index in [1.54, 1.807) is 0 Å². The number of halogens is 1. The molecule has 5 heteroatoms. The highest BCUT2D eigenvalue weighted by molar-refractivity contribution is 5.54. The van der Waals surface area contributed by atoms with E-state index in [9.17, 15) is 4.39 Å². The molecule has 4 nitrogen and oxygen atoms in total. The Morgan fingerprint density at radius 1 is 1.21 bits per heavy atom. The first kappa shape index (κ1) is 13.6. The van der Waals surface area contributed by atoms with Gasteiger partial charge in [0.25, 0.3) is 0 Å². The van der Waals surface area contributed by atoms with Crippen LogP contribution in [0.2, 0.25) is 0 Å². The van der Waals surface area contributed by atoms with Crippen LogP contribution in [-0.4, -0.2) is 22.6 Å². The van der Waals surface area contributed by atoms with E-state index in [4.69, 9.17) is 5.73 Å². The number of hydrogen-bond donors (Lipinski definition) is 2. The number of rotatable bonds is 5. The maximum Gasteiger partial charge on any atom is 0.159 e. The molecule has 100 valence electrons. The summed E-state index contributed by atoms with van der Waals surface area (Å²) >= 11 is 0. The lowest BCUT2D eigenvalue weighted by atomic mass is 10.1. The summed E-state index contributed by atoms with van der Waals surface area (Å²) in [7, 11) is 0. The lowest BCUT2D eigenvalue weighted by Crippen LogP contribution is -2.32. The first-order valence-corrected chi connectivity index (χ1v) is 6.19. The second kappa shape index (κ2) is 6.36. The van der Waals surface area contributed by atoms with E-state index >= 15 is 0 Å². The molecule has 0 aliphatic heterocycles. The van der Waals surface area contributed by atoms with Crippen molar-refractivity contribution in [2.75, 3.05) is 6.54 Å². The Balaban J connectivity index is 2.04. The molecule has 1 atom stereocenters. The molecule has 0 radical (unpaired) electrons. The molecule has 2 rings (SSSR count). The fraction of sp³-hybridized carbons (Fsp3) is 0.286. The summed E-state index contributed by atoms with van der Waals surface area (Å²) in [6.07, 6.45) is 2.33. The van der Waals surface area contributed by atoms with Gasteiger partial charge in [0.15, 0.2) is 11.6 Å². The average molecular weight is 260 g/mol. The lowest BCUT2D eigenvalue weighted by molar-refractivity contribution is 0.556. The van der Waals surface area contributed by atoms with Crippen LogP contribution >= 0.6 is 0 Å². The van der Waals surface area contributed by atoms with Crippen LogP contribution in [0.3, 0.4) is 0 Å². The molecule has 1 aromatic heterocycles. The minimum atomic E-state index is -0.430. The van der Waals surface area contributed by atoms with E-state index in [1.165, 1.54) is 12.4 Å². The monoisotopic (exact) mass is 260 g/mol. The Bertz CT molecular complexity index is 510. The summed E-state index contributed by atoms with van der Waals surface area (Å²) in [6.45, 7) is 3.42. The Labute approximate surface area is 111 Å². The molecule has 3 N–H and O–H groups in total. The fourth-order valence-electron chi connectivity index (χ4n) is 1.61. The molecule has 0 fully saturated rings. The first-order valence-electron chi connectivity index (χ1n) is 6.19. The fourth-order valence-corrected chi connectivity index (χ4v) is 1.61. The van der Waals surface area contributed by atoms with Gasteiger partial charge in [0.1, 0.15) is 0 Å². The number of hydrogen-bond acceptors (Lipinski definition) is 4. The largest absolute Gasteiger partial charge is 0.329 e. The van der Waals surface area contributed by atoms with Crippen molar-refractivity contribution in [1.82, 2.24) is 15.3 Å². The average Bonchev–Trinajstić information content (AvgIpc) is 2.46. The molecule has 19 heavy (non-hydrogen) atoms. The Hall–Kier alpha value is -1.85. The van der Waals surface area contributed by atoms with E-state index in [1.807, 2.05) is 31.2 Å². The van der Waals surface area contributed by atoms with E-state index in [-0.39, 0.29) is 0 Å². The molecule has 0 amide bonds. The van der Waals surface area contributed by atoms with Crippen LogP contribution in [0.4, 0.5) is 4.39 Å². The number of benzene rings is 1. The molecule has 1 heterocycles. The van der Waals surface area contributed by atoms with Crippen molar-refractivity contribution in [3.63, 3.8) is 0 Å². The van der Waals surface area contributed by atoms with Crippen LogP contribution in [0, 0.1) is 5.82 Å². The van der Waals surface area contributed by atoms with Gasteiger partial charge in [0, 0.05) is 24.7 Å². The molecule has 0 spiro atoms. The molecule has 0 saturated heterocycles. The molecule has 1 aromatic carbocycles. The van der Waals surface area contributed by atoms with Crippen LogP contribution in [0.15, 0.2) is 36.7 Å². The van der Waals surface area contributed by atoms with Crippen LogP contribution in [0.5, 0.6) is 0 Å². The number of aromatic nitrogens is 2. The van der Waals surface area contributed by atoms with Gasteiger partial charge in [0.2, 0.25) is 0 Å². The van der Waals surface area contributed by atoms with Gasteiger partial charge >= 0.3 is 0 Å². The Morgan fingerprint density at radius 3 is 2.42 bits per heavy atom. The molecule has 0 bridgehead atoms. The van der Waals surface area contributed by atoms with Gasteiger partial charge in [-0.15, -0.1) is 0 Å². The third kappa shape index (κ3) is 3.81. The van der Waals surface area contributed by atoms with Gasteiger partial charge in [-0.2, -0.15) is 0 Å². The van der Waals surface area contributed by atoms with E-state index in [2.05, 4.69) is 15.3 Å². The van der Waals surface area contributed by atoms with Crippen molar-refractivity contribution >= 4 is 0 Å². The van der Waals surface area contributed by atoms with Crippen molar-refractivity contribution in [3.05, 3.63) is 48.0 Å². The van der Waals surface area contributed by atoms with Gasteiger partial charge in [-0.1, -0.05) is 24.3 Å². The maximum absolute atomic E-state index is 12.7. The summed E-state index contributed by atoms with van der Waals surface area (Å²) in [5, 5.41) is 3.31. The standard InChI is InChI=1S/C14H17FN4/c1-10(6-16)17-7-11-2-4-12(5-3-11)14-18-8-13(15)9-19-14/h2-5,8-10,17H,6-7,16H2,1H3. The maximum atomic E-state index is 12.7. The zero-order chi connectivity index (χ0) is 13.7. The predicted molar refractivity (Wildman–Crippen MR) is 72.8 cm³/mol. The zero-order valence-corrected chi connectivity index (χ0v) is 10.8. The summed E-state index contributed by atoms with van der Waals surface area (Å²) in [6, 6.07) is 8.14. The van der Waals surface area contributed by atoms with Gasteiger partial charge in [-0.25, -0.2) is 14.4 Å². The highest BCUT2D eigenvalue weighted by atomic mass is 19.1. The van der Waals surface area contributed by atoms with E-state index in [0.29, 0.717) is 18.4 Å². The number of nitrogens with one attached hydrogen (secondary N) is 1. The zero-order valence-electron chi connectivity index (χ0n) is 10.8. The number of nitrogens with two attached hydrogens (primary N) is 1. The van der Waals surface area contributed by atoms with Crippen LogP contribution in [-0.2, 0) is 6.54 Å². The van der Waals surface area contributed by atoms with Crippen LogP contribution < -0.4 is 11.1 Å². The van der Waals surface area contributed by atoms with Crippen molar-refractivity contribution in [1.29, 1.82) is 0 Å². The smallest absolute Gasteiger partial charge is 0.159 e. The summed E-state index contributed by atoms with van der Waals surface area (Å²) in [5.74, 6) is 0.0941. The molecule has 0 saturated carbocycles. The second-order valence-corrected chi connectivity index (χ2v) is 4.44. The SMILES string of the molecule is CC(CN)NCc1ccc(-c2ncc(F)cn2)cc1. The van der Waals surface area contributed by atoms with Gasteiger partial charge < -0.3 is 11.1 Å². The number of nitrogens with zero attached hydrogens (tertiary/aromatic N) is 2. The topological polar surface area (TPSA) is 63.8 Å². The second-order valence-electron chi connectivity index (χ2n) is 4.44. The third-order valence-corrected chi connectivity index (χ3v) is 2.84. The Morgan fingerprint density at radius 2 is 1.84 bits per heavy atom. The quantitative estimate of drug-likeness (QED) is 0.859. The minimum absolute atomic E-state index is 0.292. The molecule has 1 unspecified atom stereocenters. The lowest BCUT2D eigenvalue weighted by Gasteiger charge is -2.11. The minimum Gasteiger partial charge on any atom is -0.329 e. The summed E-state index contributed by atoms with van der Waals surface area (Å²) < 4.78 is 12.7. The highest BCUT2D eigenvalue weighted by Gasteiger charge is 2.02. The van der Waals surface area contributed by atoms with Crippen molar-refractivity contribution in [2.45, 2.75) is 19.5 Å². The normalized spacial score (nSPS) is 12.4. The van der Waals surface area contributed by atoms with Crippen LogP contribution in [0.25, 0.3) is 11.4 Å². The molecule has 0 aliphatic carbocycles. The third-order valence-electron chi connectivity index (χ3n) is 2.84. The Kier molecular flexibility index (Phi) is 4.54. The molecular formula is C14H17FN4. The van der Waals surface area contributed by atoms with Crippen LogP contribution in [0.1, 0.15) is 12.5 Å².